The van der Waals surface area contributed by atoms with Gasteiger partial charge in [0.25, 0.3) is 10.0 Å². The highest BCUT2D eigenvalue weighted by atomic mass is 35.5. The Morgan fingerprint density at radius 3 is 2.54 bits per heavy atom. The van der Waals surface area contributed by atoms with Crippen molar-refractivity contribution < 1.29 is 13.2 Å². The van der Waals surface area contributed by atoms with Crippen molar-refractivity contribution in [2.75, 3.05) is 16.2 Å². The predicted octanol–water partition coefficient (Wildman–Crippen LogP) is 3.88. The molecule has 0 bridgehead atoms. The summed E-state index contributed by atoms with van der Waals surface area (Å²) in [4.78, 5) is 16.6. The third-order valence-corrected chi connectivity index (χ3v) is 6.01. The lowest BCUT2D eigenvalue weighted by Gasteiger charge is -2.25. The van der Waals surface area contributed by atoms with Gasteiger partial charge in [0.15, 0.2) is 0 Å². The number of nitrogens with one attached hydrogen (secondary N) is 1. The molecule has 1 N–H and O–H groups in total. The number of hydrogen-bond acceptors (Lipinski definition) is 4. The molecule has 3 aromatic rings. The molecule has 1 aromatic heterocycles. The second kappa shape index (κ2) is 8.41. The number of sulfonamides is 1. The first-order valence-electron chi connectivity index (χ1n) is 8.42. The SMILES string of the molecule is Cc1ccc(Cl)cc1N(CC(=O)Nc1cccnc1)S(=O)(=O)c1ccccc1. The number of nitrogens with zero attached hydrogens (tertiary/aromatic N) is 2. The number of benzene rings is 2. The highest BCUT2D eigenvalue weighted by Crippen LogP contribution is 2.29. The normalized spacial score (nSPS) is 11.1. The lowest BCUT2D eigenvalue weighted by molar-refractivity contribution is -0.114. The Labute approximate surface area is 168 Å². The van der Waals surface area contributed by atoms with E-state index in [9.17, 15) is 13.2 Å². The fourth-order valence-electron chi connectivity index (χ4n) is 2.64. The fourth-order valence-corrected chi connectivity index (χ4v) is 4.30. The fraction of sp³-hybridized carbons (Fsp3) is 0.100. The molecule has 0 radical (unpaired) electrons. The highest BCUT2D eigenvalue weighted by Gasteiger charge is 2.28. The number of hydrogen-bond donors (Lipinski definition) is 1. The largest absolute Gasteiger partial charge is 0.323 e. The third kappa shape index (κ3) is 4.49. The number of aryl methyl sites for hydroxylation is 1. The molecule has 2 aromatic carbocycles. The van der Waals surface area contributed by atoms with Gasteiger partial charge in [-0.15, -0.1) is 0 Å². The molecule has 1 heterocycles. The molecule has 144 valence electrons. The molecule has 28 heavy (non-hydrogen) atoms. The standard InChI is InChI=1S/C20H18ClN3O3S/c1-15-9-10-16(21)12-19(15)24(28(26,27)18-7-3-2-4-8-18)14-20(25)23-17-6-5-11-22-13-17/h2-13H,14H2,1H3,(H,23,25). The molecule has 1 amide bonds. The van der Waals surface area contributed by atoms with Crippen LogP contribution in [-0.2, 0) is 14.8 Å². The molecule has 0 saturated carbocycles. The molecule has 6 nitrogen and oxygen atoms in total. The summed E-state index contributed by atoms with van der Waals surface area (Å²) < 4.78 is 27.6. The number of carbonyl (C=O) groups excluding carboxylic acids is 1. The van der Waals surface area contributed by atoms with Crippen molar-refractivity contribution in [3.8, 4) is 0 Å². The second-order valence-electron chi connectivity index (χ2n) is 6.05. The summed E-state index contributed by atoms with van der Waals surface area (Å²) >= 11 is 6.09. The predicted molar refractivity (Wildman–Crippen MR) is 110 cm³/mol. The average Bonchev–Trinajstić information content (AvgIpc) is 2.69. The van der Waals surface area contributed by atoms with E-state index in [0.29, 0.717) is 22.0 Å². The van der Waals surface area contributed by atoms with Crippen LogP contribution in [0.25, 0.3) is 0 Å². The molecule has 0 aliphatic rings. The lowest BCUT2D eigenvalue weighted by Crippen LogP contribution is -2.38. The van der Waals surface area contributed by atoms with E-state index in [1.165, 1.54) is 24.4 Å². The van der Waals surface area contributed by atoms with Gasteiger partial charge in [-0.2, -0.15) is 0 Å². The number of rotatable bonds is 6. The van der Waals surface area contributed by atoms with E-state index < -0.39 is 22.5 Å². The number of pyridine rings is 1. The molecule has 0 aliphatic carbocycles. The van der Waals surface area contributed by atoms with Crippen LogP contribution in [0.4, 0.5) is 11.4 Å². The first kappa shape index (κ1) is 19.9. The van der Waals surface area contributed by atoms with Crippen LogP contribution in [0.5, 0.6) is 0 Å². The first-order chi connectivity index (χ1) is 13.4. The monoisotopic (exact) mass is 415 g/mol. The van der Waals surface area contributed by atoms with E-state index in [-0.39, 0.29) is 4.90 Å². The Hall–Kier alpha value is -2.90. The quantitative estimate of drug-likeness (QED) is 0.662. The van der Waals surface area contributed by atoms with E-state index in [2.05, 4.69) is 10.3 Å². The minimum Gasteiger partial charge on any atom is -0.323 e. The molecule has 0 saturated heterocycles. The number of amides is 1. The molecule has 0 fully saturated rings. The Balaban J connectivity index is 2.00. The minimum absolute atomic E-state index is 0.0866. The van der Waals surface area contributed by atoms with Gasteiger partial charge in [-0.25, -0.2) is 8.42 Å². The highest BCUT2D eigenvalue weighted by molar-refractivity contribution is 7.92. The Kier molecular flexibility index (Phi) is 5.96. The molecule has 3 rings (SSSR count). The molecular formula is C20H18ClN3O3S. The Morgan fingerprint density at radius 1 is 1.11 bits per heavy atom. The number of aromatic nitrogens is 1. The average molecular weight is 416 g/mol. The van der Waals surface area contributed by atoms with Crippen molar-refractivity contribution in [2.24, 2.45) is 0 Å². The van der Waals surface area contributed by atoms with Crippen LogP contribution in [0, 0.1) is 6.92 Å². The number of carbonyl (C=O) groups is 1. The van der Waals surface area contributed by atoms with E-state index in [1.54, 1.807) is 55.6 Å². The van der Waals surface area contributed by atoms with Gasteiger partial charge in [-0.05, 0) is 48.9 Å². The van der Waals surface area contributed by atoms with Gasteiger partial charge >= 0.3 is 0 Å². The molecule has 8 heteroatoms. The summed E-state index contributed by atoms with van der Waals surface area (Å²) in [6, 6.07) is 16.2. The summed E-state index contributed by atoms with van der Waals surface area (Å²) in [5, 5.41) is 3.04. The van der Waals surface area contributed by atoms with Crippen molar-refractivity contribution in [1.82, 2.24) is 4.98 Å². The molecule has 0 aliphatic heterocycles. The molecule has 0 unspecified atom stereocenters. The topological polar surface area (TPSA) is 79.4 Å². The van der Waals surface area contributed by atoms with Gasteiger partial charge in [0, 0.05) is 11.2 Å². The Morgan fingerprint density at radius 2 is 1.86 bits per heavy atom. The van der Waals surface area contributed by atoms with Crippen LogP contribution in [0.3, 0.4) is 0 Å². The summed E-state index contributed by atoms with van der Waals surface area (Å²) in [5.74, 6) is -0.494. The van der Waals surface area contributed by atoms with Crippen LogP contribution >= 0.6 is 11.6 Å². The van der Waals surface area contributed by atoms with Gasteiger partial charge in [0.05, 0.1) is 22.5 Å². The van der Waals surface area contributed by atoms with Crippen LogP contribution in [0.2, 0.25) is 5.02 Å². The van der Waals surface area contributed by atoms with Gasteiger partial charge in [-0.3, -0.25) is 14.1 Å². The van der Waals surface area contributed by atoms with Crippen molar-refractivity contribution in [1.29, 1.82) is 0 Å². The third-order valence-electron chi connectivity index (χ3n) is 4.00. The van der Waals surface area contributed by atoms with Crippen LogP contribution in [0.1, 0.15) is 5.56 Å². The summed E-state index contributed by atoms with van der Waals surface area (Å²) in [6.45, 7) is 1.35. The van der Waals surface area contributed by atoms with Crippen molar-refractivity contribution >= 4 is 38.9 Å². The van der Waals surface area contributed by atoms with Crippen molar-refractivity contribution in [3.63, 3.8) is 0 Å². The van der Waals surface area contributed by atoms with Crippen LogP contribution in [-0.4, -0.2) is 25.9 Å². The number of halogens is 1. The second-order valence-corrected chi connectivity index (χ2v) is 8.34. The van der Waals surface area contributed by atoms with E-state index in [1.807, 2.05) is 0 Å². The zero-order chi connectivity index (χ0) is 20.1. The maximum Gasteiger partial charge on any atom is 0.264 e. The van der Waals surface area contributed by atoms with E-state index in [0.717, 1.165) is 4.31 Å². The maximum absolute atomic E-state index is 13.3. The van der Waals surface area contributed by atoms with Crippen LogP contribution in [0.15, 0.2) is 78.0 Å². The minimum atomic E-state index is -3.98. The maximum atomic E-state index is 13.3. The summed E-state index contributed by atoms with van der Waals surface area (Å²) in [6.07, 6.45) is 3.07. The number of anilines is 2. The summed E-state index contributed by atoms with van der Waals surface area (Å²) in [5.41, 5.74) is 1.50. The smallest absolute Gasteiger partial charge is 0.264 e. The lowest BCUT2D eigenvalue weighted by atomic mass is 10.2. The zero-order valence-electron chi connectivity index (χ0n) is 15.0. The van der Waals surface area contributed by atoms with E-state index in [4.69, 9.17) is 11.6 Å². The van der Waals surface area contributed by atoms with Crippen molar-refractivity contribution in [2.45, 2.75) is 11.8 Å². The van der Waals surface area contributed by atoms with Gasteiger partial charge in [-0.1, -0.05) is 35.9 Å². The van der Waals surface area contributed by atoms with Gasteiger partial charge in [0.1, 0.15) is 6.54 Å². The van der Waals surface area contributed by atoms with Gasteiger partial charge in [0.2, 0.25) is 5.91 Å². The van der Waals surface area contributed by atoms with Gasteiger partial charge < -0.3 is 5.32 Å². The first-order valence-corrected chi connectivity index (χ1v) is 10.2. The van der Waals surface area contributed by atoms with E-state index >= 15 is 0 Å². The van der Waals surface area contributed by atoms with Crippen LogP contribution < -0.4 is 9.62 Å². The summed E-state index contributed by atoms with van der Waals surface area (Å²) in [7, 11) is -3.98. The Bertz CT molecular complexity index is 1070. The zero-order valence-corrected chi connectivity index (χ0v) is 16.6. The molecule has 0 spiro atoms. The molecule has 0 atom stereocenters. The van der Waals surface area contributed by atoms with Crippen molar-refractivity contribution in [3.05, 3.63) is 83.6 Å². The molecular weight excluding hydrogens is 398 g/mol.